The number of nitrogens with two attached hydrogens (primary N) is 2. The molecule has 1 aromatic carbocycles. The van der Waals surface area contributed by atoms with Crippen molar-refractivity contribution >= 4 is 15.9 Å². The second-order valence-electron chi connectivity index (χ2n) is 3.70. The van der Waals surface area contributed by atoms with Crippen LogP contribution in [0.1, 0.15) is 12.5 Å². The maximum Gasteiger partial charge on any atom is 0.238 e. The number of primary sulfonamides is 1. The van der Waals surface area contributed by atoms with Gasteiger partial charge in [-0.3, -0.25) is 4.79 Å². The minimum Gasteiger partial charge on any atom is -0.351 e. The van der Waals surface area contributed by atoms with Crippen molar-refractivity contribution in [1.29, 1.82) is 0 Å². The van der Waals surface area contributed by atoms with Crippen LogP contribution in [0.5, 0.6) is 0 Å². The van der Waals surface area contributed by atoms with E-state index in [9.17, 15) is 13.2 Å². The molecule has 5 N–H and O–H groups in total. The summed E-state index contributed by atoms with van der Waals surface area (Å²) in [5, 5.41) is 7.57. The molecule has 94 valence electrons. The Bertz CT molecular complexity index is 511. The predicted octanol–water partition coefficient (Wildman–Crippen LogP) is -0.703. The van der Waals surface area contributed by atoms with Crippen LogP contribution in [0.2, 0.25) is 0 Å². The summed E-state index contributed by atoms with van der Waals surface area (Å²) in [4.78, 5) is 11.2. The lowest BCUT2D eigenvalue weighted by atomic mass is 10.2. The van der Waals surface area contributed by atoms with Gasteiger partial charge in [0.2, 0.25) is 15.9 Å². The van der Waals surface area contributed by atoms with E-state index in [1.807, 2.05) is 0 Å². The third-order valence-corrected chi connectivity index (χ3v) is 3.02. The third kappa shape index (κ3) is 4.14. The Morgan fingerprint density at radius 2 is 2.12 bits per heavy atom. The number of benzene rings is 1. The van der Waals surface area contributed by atoms with E-state index in [1.165, 1.54) is 12.1 Å². The number of nitrogens with one attached hydrogen (secondary N) is 1. The highest BCUT2D eigenvalue weighted by Crippen LogP contribution is 2.09. The summed E-state index contributed by atoms with van der Waals surface area (Å²) in [5.74, 6) is -0.300. The standard InChI is InChI=1S/C10H15N3O3S/c1-7(11)10(14)13-6-8-3-2-4-9(5-8)17(12,15)16/h2-5,7H,6,11H2,1H3,(H,13,14)(H2,12,15,16)/t7-/m1/s1. The molecule has 0 aliphatic heterocycles. The van der Waals surface area contributed by atoms with Crippen LogP contribution in [-0.2, 0) is 21.4 Å². The molecule has 0 aliphatic carbocycles. The van der Waals surface area contributed by atoms with Crippen molar-refractivity contribution in [1.82, 2.24) is 5.32 Å². The molecule has 1 aromatic rings. The van der Waals surface area contributed by atoms with E-state index < -0.39 is 16.1 Å². The molecule has 0 unspecified atom stereocenters. The maximum absolute atomic E-state index is 11.2. The molecule has 1 atom stereocenters. The highest BCUT2D eigenvalue weighted by Gasteiger charge is 2.09. The molecule has 0 heterocycles. The van der Waals surface area contributed by atoms with Crippen molar-refractivity contribution in [3.05, 3.63) is 29.8 Å². The van der Waals surface area contributed by atoms with Crippen molar-refractivity contribution < 1.29 is 13.2 Å². The molecule has 6 nitrogen and oxygen atoms in total. The Hall–Kier alpha value is -1.44. The van der Waals surface area contributed by atoms with Crippen LogP contribution in [0.4, 0.5) is 0 Å². The van der Waals surface area contributed by atoms with Gasteiger partial charge in [-0.15, -0.1) is 0 Å². The summed E-state index contributed by atoms with van der Waals surface area (Å²) < 4.78 is 22.2. The van der Waals surface area contributed by atoms with Crippen molar-refractivity contribution in [3.8, 4) is 0 Å². The first-order chi connectivity index (χ1) is 7.80. The van der Waals surface area contributed by atoms with Crippen LogP contribution in [-0.4, -0.2) is 20.4 Å². The fraction of sp³-hybridized carbons (Fsp3) is 0.300. The normalized spacial score (nSPS) is 13.1. The summed E-state index contributed by atoms with van der Waals surface area (Å²) in [6, 6.07) is 5.46. The lowest BCUT2D eigenvalue weighted by Gasteiger charge is -2.08. The minimum atomic E-state index is -3.72. The fourth-order valence-electron chi connectivity index (χ4n) is 1.18. The smallest absolute Gasteiger partial charge is 0.238 e. The third-order valence-electron chi connectivity index (χ3n) is 2.11. The van der Waals surface area contributed by atoms with Gasteiger partial charge in [0.15, 0.2) is 0 Å². The first-order valence-corrected chi connectivity index (χ1v) is 6.50. The Kier molecular flexibility index (Phi) is 4.22. The van der Waals surface area contributed by atoms with Crippen LogP contribution in [0.15, 0.2) is 29.2 Å². The number of carbonyl (C=O) groups is 1. The second kappa shape index (κ2) is 5.26. The van der Waals surface area contributed by atoms with Crippen LogP contribution >= 0.6 is 0 Å². The van der Waals surface area contributed by atoms with Gasteiger partial charge in [-0.1, -0.05) is 12.1 Å². The van der Waals surface area contributed by atoms with Crippen LogP contribution in [0, 0.1) is 0 Å². The zero-order valence-electron chi connectivity index (χ0n) is 9.38. The molecule has 0 saturated heterocycles. The van der Waals surface area contributed by atoms with E-state index in [2.05, 4.69) is 5.32 Å². The highest BCUT2D eigenvalue weighted by molar-refractivity contribution is 7.89. The van der Waals surface area contributed by atoms with Gasteiger partial charge in [0.25, 0.3) is 0 Å². The number of sulfonamides is 1. The minimum absolute atomic E-state index is 0.0186. The van der Waals surface area contributed by atoms with Crippen molar-refractivity contribution in [2.45, 2.75) is 24.4 Å². The quantitative estimate of drug-likeness (QED) is 0.661. The Labute approximate surface area is 100 Å². The molecule has 1 rings (SSSR count). The van der Waals surface area contributed by atoms with E-state index >= 15 is 0 Å². The van der Waals surface area contributed by atoms with Gasteiger partial charge >= 0.3 is 0 Å². The maximum atomic E-state index is 11.2. The average molecular weight is 257 g/mol. The summed E-state index contributed by atoms with van der Waals surface area (Å²) in [7, 11) is -3.72. The second-order valence-corrected chi connectivity index (χ2v) is 5.26. The van der Waals surface area contributed by atoms with E-state index in [1.54, 1.807) is 19.1 Å². The van der Waals surface area contributed by atoms with Gasteiger partial charge in [-0.2, -0.15) is 0 Å². The number of hydrogen-bond donors (Lipinski definition) is 3. The molecule has 0 aliphatic rings. The predicted molar refractivity (Wildman–Crippen MR) is 63.3 cm³/mol. The first kappa shape index (κ1) is 13.6. The average Bonchev–Trinajstić information content (AvgIpc) is 2.25. The highest BCUT2D eigenvalue weighted by atomic mass is 32.2. The molecule has 1 amide bonds. The molecule has 17 heavy (non-hydrogen) atoms. The number of hydrogen-bond acceptors (Lipinski definition) is 4. The number of carbonyl (C=O) groups excluding carboxylic acids is 1. The van der Waals surface area contributed by atoms with Crippen molar-refractivity contribution in [2.75, 3.05) is 0 Å². The first-order valence-electron chi connectivity index (χ1n) is 4.96. The number of rotatable bonds is 4. The lowest BCUT2D eigenvalue weighted by Crippen LogP contribution is -2.37. The molecular formula is C10H15N3O3S. The van der Waals surface area contributed by atoms with E-state index in [-0.39, 0.29) is 17.3 Å². The van der Waals surface area contributed by atoms with E-state index in [0.29, 0.717) is 5.56 Å². The summed E-state index contributed by atoms with van der Waals surface area (Å²) >= 11 is 0. The molecule has 0 radical (unpaired) electrons. The molecule has 0 saturated carbocycles. The summed E-state index contributed by atoms with van der Waals surface area (Å²) in [6.07, 6.45) is 0. The summed E-state index contributed by atoms with van der Waals surface area (Å²) in [5.41, 5.74) is 6.02. The van der Waals surface area contributed by atoms with Crippen molar-refractivity contribution in [3.63, 3.8) is 0 Å². The molecule has 0 spiro atoms. The fourth-order valence-corrected chi connectivity index (χ4v) is 1.77. The number of amides is 1. The topological polar surface area (TPSA) is 115 Å². The zero-order chi connectivity index (χ0) is 13.1. The van der Waals surface area contributed by atoms with Crippen LogP contribution < -0.4 is 16.2 Å². The van der Waals surface area contributed by atoms with Crippen molar-refractivity contribution in [2.24, 2.45) is 10.9 Å². The SMILES string of the molecule is C[C@@H](N)C(=O)NCc1cccc(S(N)(=O)=O)c1. The Morgan fingerprint density at radius 3 is 2.65 bits per heavy atom. The monoisotopic (exact) mass is 257 g/mol. The zero-order valence-corrected chi connectivity index (χ0v) is 10.2. The van der Waals surface area contributed by atoms with E-state index in [0.717, 1.165) is 0 Å². The van der Waals surface area contributed by atoms with Gasteiger partial charge in [0.1, 0.15) is 0 Å². The van der Waals surface area contributed by atoms with Gasteiger partial charge < -0.3 is 11.1 Å². The molecule has 0 bridgehead atoms. The van der Waals surface area contributed by atoms with Gasteiger partial charge in [-0.25, -0.2) is 13.6 Å². The molecule has 0 aromatic heterocycles. The van der Waals surface area contributed by atoms with Gasteiger partial charge in [0, 0.05) is 6.54 Å². The summed E-state index contributed by atoms with van der Waals surface area (Å²) in [6.45, 7) is 1.78. The lowest BCUT2D eigenvalue weighted by molar-refractivity contribution is -0.122. The molecule has 0 fully saturated rings. The van der Waals surface area contributed by atoms with Crippen LogP contribution in [0.3, 0.4) is 0 Å². The largest absolute Gasteiger partial charge is 0.351 e. The Morgan fingerprint density at radius 1 is 1.47 bits per heavy atom. The molecule has 7 heteroatoms. The van der Waals surface area contributed by atoms with Crippen LogP contribution in [0.25, 0.3) is 0 Å². The van der Waals surface area contributed by atoms with E-state index in [4.69, 9.17) is 10.9 Å². The molecular weight excluding hydrogens is 242 g/mol. The van der Waals surface area contributed by atoms with Gasteiger partial charge in [-0.05, 0) is 24.6 Å². The van der Waals surface area contributed by atoms with Gasteiger partial charge in [0.05, 0.1) is 10.9 Å². The Balaban J connectivity index is 2.77.